The smallest absolute Gasteiger partial charge is 0.323 e. The molecule has 0 aliphatic carbocycles. The first kappa shape index (κ1) is 22.7. The van der Waals surface area contributed by atoms with Crippen LogP contribution in [0.15, 0.2) is 55.0 Å². The van der Waals surface area contributed by atoms with E-state index in [2.05, 4.69) is 19.9 Å². The number of aromatic hydroxyl groups is 1. The minimum atomic E-state index is -0.999. The number of piperazine rings is 1. The molecule has 0 spiro atoms. The molecule has 12 nitrogen and oxygen atoms in total. The van der Waals surface area contributed by atoms with Gasteiger partial charge < -0.3 is 29.7 Å². The zero-order valence-electron chi connectivity index (χ0n) is 19.8. The zero-order valence-corrected chi connectivity index (χ0v) is 19.8. The van der Waals surface area contributed by atoms with Crippen molar-refractivity contribution in [2.75, 3.05) is 36.0 Å². The number of phenols is 1. The predicted octanol–water partition coefficient (Wildman–Crippen LogP) is 1.77. The van der Waals surface area contributed by atoms with E-state index in [4.69, 9.17) is 9.97 Å². The van der Waals surface area contributed by atoms with Crippen LogP contribution in [0.4, 0.5) is 11.6 Å². The minimum Gasteiger partial charge on any atom is -0.508 e. The van der Waals surface area contributed by atoms with Gasteiger partial charge in [-0.3, -0.25) is 4.79 Å². The van der Waals surface area contributed by atoms with Gasteiger partial charge in [0.2, 0.25) is 5.95 Å². The summed E-state index contributed by atoms with van der Waals surface area (Å²) in [6, 6.07) is 12.7. The van der Waals surface area contributed by atoms with Crippen molar-refractivity contribution in [1.29, 1.82) is 0 Å². The number of aliphatic carboxylic acids is 1. The molecule has 37 heavy (non-hydrogen) atoms. The number of anilines is 2. The third kappa shape index (κ3) is 4.16. The molecular weight excluding hydrogens is 476 g/mol. The number of carboxylic acid groups (broad SMARTS) is 1. The van der Waals surface area contributed by atoms with E-state index in [1.54, 1.807) is 23.0 Å². The van der Waals surface area contributed by atoms with Crippen LogP contribution in [0.1, 0.15) is 5.56 Å². The quantitative estimate of drug-likeness (QED) is 0.315. The van der Waals surface area contributed by atoms with Gasteiger partial charge in [-0.2, -0.15) is 15.1 Å². The van der Waals surface area contributed by atoms with Crippen LogP contribution in [0.25, 0.3) is 27.9 Å². The molecule has 1 saturated heterocycles. The summed E-state index contributed by atoms with van der Waals surface area (Å²) in [4.78, 5) is 29.8. The maximum Gasteiger partial charge on any atom is 0.323 e. The number of carbonyl (C=O) groups is 1. The Bertz CT molecular complexity index is 1600. The summed E-state index contributed by atoms with van der Waals surface area (Å²) in [6.45, 7) is 2.35. The average Bonchev–Trinajstić information content (AvgIpc) is 3.52. The standard InChI is InChI=1S/C25H24N8O4/c34-14-16-1-2-17-12-27-33(20(17)11-16)24-22-23(32(15-26-22)13-21(36)37)28-25(29-24)31-9-7-30(8-10-31)18-3-5-19(35)6-4-18/h1-6,11-12,15,34-35H,7-10,13-14H2,(H,36,37). The monoisotopic (exact) mass is 500 g/mol. The third-order valence-corrected chi connectivity index (χ3v) is 6.54. The van der Waals surface area contributed by atoms with E-state index in [-0.39, 0.29) is 18.9 Å². The Hall–Kier alpha value is -4.71. The number of imidazole rings is 1. The summed E-state index contributed by atoms with van der Waals surface area (Å²) >= 11 is 0. The van der Waals surface area contributed by atoms with E-state index in [0.717, 1.165) is 35.2 Å². The van der Waals surface area contributed by atoms with Crippen molar-refractivity contribution in [3.63, 3.8) is 0 Å². The summed E-state index contributed by atoms with van der Waals surface area (Å²) in [7, 11) is 0. The van der Waals surface area contributed by atoms with Gasteiger partial charge in [0.05, 0.1) is 24.6 Å². The molecular formula is C25H24N8O4. The molecule has 1 fully saturated rings. The summed E-state index contributed by atoms with van der Waals surface area (Å²) < 4.78 is 3.15. The second-order valence-electron chi connectivity index (χ2n) is 8.88. The normalized spacial score (nSPS) is 14.1. The number of phenolic OH excluding ortho intramolecular Hbond substituents is 1. The maximum atomic E-state index is 11.5. The fourth-order valence-corrected chi connectivity index (χ4v) is 4.63. The Morgan fingerprint density at radius 2 is 1.73 bits per heavy atom. The van der Waals surface area contributed by atoms with Gasteiger partial charge in [-0.15, -0.1) is 0 Å². The maximum absolute atomic E-state index is 11.5. The molecule has 0 atom stereocenters. The van der Waals surface area contributed by atoms with Gasteiger partial charge in [0.1, 0.15) is 12.3 Å². The summed E-state index contributed by atoms with van der Waals surface area (Å²) in [6.07, 6.45) is 3.17. The van der Waals surface area contributed by atoms with Crippen LogP contribution < -0.4 is 9.80 Å². The predicted molar refractivity (Wildman–Crippen MR) is 136 cm³/mol. The fraction of sp³-hybridized carbons (Fsp3) is 0.240. The molecule has 0 unspecified atom stereocenters. The molecule has 188 valence electrons. The van der Waals surface area contributed by atoms with Crippen molar-refractivity contribution in [3.05, 3.63) is 60.6 Å². The van der Waals surface area contributed by atoms with Gasteiger partial charge in [-0.1, -0.05) is 12.1 Å². The fourth-order valence-electron chi connectivity index (χ4n) is 4.63. The van der Waals surface area contributed by atoms with E-state index in [9.17, 15) is 20.1 Å². The molecule has 5 aromatic rings. The van der Waals surface area contributed by atoms with Crippen LogP contribution in [-0.4, -0.2) is 76.8 Å². The van der Waals surface area contributed by atoms with Crippen LogP contribution in [0.2, 0.25) is 0 Å². The highest BCUT2D eigenvalue weighted by Crippen LogP contribution is 2.27. The zero-order chi connectivity index (χ0) is 25.5. The minimum absolute atomic E-state index is 0.107. The van der Waals surface area contributed by atoms with Crippen molar-refractivity contribution >= 4 is 39.7 Å². The molecule has 1 aliphatic rings. The number of aliphatic hydroxyl groups excluding tert-OH is 1. The molecule has 0 radical (unpaired) electrons. The van der Waals surface area contributed by atoms with Crippen LogP contribution in [0.5, 0.6) is 5.75 Å². The van der Waals surface area contributed by atoms with E-state index < -0.39 is 5.97 Å². The van der Waals surface area contributed by atoms with Crippen molar-refractivity contribution in [1.82, 2.24) is 29.3 Å². The van der Waals surface area contributed by atoms with E-state index in [1.165, 1.54) is 10.9 Å². The molecule has 2 aromatic carbocycles. The van der Waals surface area contributed by atoms with Crippen molar-refractivity contribution in [3.8, 4) is 11.6 Å². The Labute approximate surface area is 210 Å². The number of fused-ring (bicyclic) bond motifs is 2. The van der Waals surface area contributed by atoms with Crippen molar-refractivity contribution in [2.45, 2.75) is 13.2 Å². The number of benzene rings is 2. The molecule has 4 heterocycles. The summed E-state index contributed by atoms with van der Waals surface area (Å²) in [5, 5.41) is 34.0. The first-order chi connectivity index (χ1) is 18.0. The van der Waals surface area contributed by atoms with Crippen LogP contribution in [0.3, 0.4) is 0 Å². The Morgan fingerprint density at radius 1 is 0.973 bits per heavy atom. The van der Waals surface area contributed by atoms with Gasteiger partial charge in [0.25, 0.3) is 0 Å². The van der Waals surface area contributed by atoms with Crippen LogP contribution >= 0.6 is 0 Å². The topological polar surface area (TPSA) is 146 Å². The molecule has 0 saturated carbocycles. The SMILES string of the molecule is O=C(O)Cn1cnc2c(-n3ncc4ccc(CO)cc43)nc(N3CCN(c4ccc(O)cc4)CC3)nc21. The van der Waals surface area contributed by atoms with Gasteiger partial charge >= 0.3 is 5.97 Å². The molecule has 1 aliphatic heterocycles. The molecule has 3 N–H and O–H groups in total. The number of aromatic nitrogens is 6. The lowest BCUT2D eigenvalue weighted by molar-refractivity contribution is -0.137. The molecule has 0 bridgehead atoms. The van der Waals surface area contributed by atoms with Crippen LogP contribution in [0, 0.1) is 0 Å². The largest absolute Gasteiger partial charge is 0.508 e. The van der Waals surface area contributed by atoms with Gasteiger partial charge in [-0.25, -0.2) is 9.67 Å². The first-order valence-corrected chi connectivity index (χ1v) is 11.8. The Morgan fingerprint density at radius 3 is 2.46 bits per heavy atom. The number of hydrogen-bond donors (Lipinski definition) is 3. The van der Waals surface area contributed by atoms with Crippen LogP contribution in [-0.2, 0) is 17.9 Å². The van der Waals surface area contributed by atoms with E-state index in [1.807, 2.05) is 30.3 Å². The van der Waals surface area contributed by atoms with Crippen molar-refractivity contribution in [2.24, 2.45) is 0 Å². The number of rotatable bonds is 6. The van der Waals surface area contributed by atoms with E-state index in [0.29, 0.717) is 36.0 Å². The molecule has 12 heteroatoms. The second-order valence-corrected chi connectivity index (χ2v) is 8.88. The third-order valence-electron chi connectivity index (χ3n) is 6.54. The highest BCUT2D eigenvalue weighted by Gasteiger charge is 2.24. The number of nitrogens with zero attached hydrogens (tertiary/aromatic N) is 8. The van der Waals surface area contributed by atoms with Crippen molar-refractivity contribution < 1.29 is 20.1 Å². The Balaban J connectivity index is 1.41. The number of aliphatic hydroxyl groups is 1. The highest BCUT2D eigenvalue weighted by atomic mass is 16.4. The molecule has 3 aromatic heterocycles. The van der Waals surface area contributed by atoms with Gasteiger partial charge in [-0.05, 0) is 35.9 Å². The lowest BCUT2D eigenvalue weighted by Crippen LogP contribution is -2.47. The summed E-state index contributed by atoms with van der Waals surface area (Å²) in [5.41, 5.74) is 3.36. The number of carboxylic acids is 1. The van der Waals surface area contributed by atoms with E-state index >= 15 is 0 Å². The lowest BCUT2D eigenvalue weighted by Gasteiger charge is -2.36. The van der Waals surface area contributed by atoms with Gasteiger partial charge in [0, 0.05) is 37.3 Å². The Kier molecular flexibility index (Phi) is 5.57. The second kappa shape index (κ2) is 9.06. The number of hydrogen-bond acceptors (Lipinski definition) is 9. The molecule has 0 amide bonds. The molecule has 6 rings (SSSR count). The lowest BCUT2D eigenvalue weighted by atomic mass is 10.2. The first-order valence-electron chi connectivity index (χ1n) is 11.8. The average molecular weight is 501 g/mol. The van der Waals surface area contributed by atoms with Gasteiger partial charge in [0.15, 0.2) is 17.0 Å². The summed E-state index contributed by atoms with van der Waals surface area (Å²) in [5.74, 6) is 0.129. The highest BCUT2D eigenvalue weighted by molar-refractivity contribution is 5.86.